The maximum absolute atomic E-state index is 11.8. The highest BCUT2D eigenvalue weighted by Gasteiger charge is 2.25. The molecule has 0 saturated carbocycles. The van der Waals surface area contributed by atoms with Gasteiger partial charge in [-0.25, -0.2) is 4.57 Å². The van der Waals surface area contributed by atoms with Crippen LogP contribution in [0.2, 0.25) is 0 Å². The van der Waals surface area contributed by atoms with E-state index in [0.29, 0.717) is 0 Å². The van der Waals surface area contributed by atoms with Crippen LogP contribution < -0.4 is 9.05 Å². The Labute approximate surface area is 118 Å². The van der Waals surface area contributed by atoms with E-state index in [2.05, 4.69) is 10.4 Å². The Balaban J connectivity index is 2.07. The summed E-state index contributed by atoms with van der Waals surface area (Å²) in [6.07, 6.45) is 0. The van der Waals surface area contributed by atoms with E-state index >= 15 is 0 Å². The lowest BCUT2D eigenvalue weighted by Crippen LogP contribution is -1.99. The summed E-state index contributed by atoms with van der Waals surface area (Å²) in [6.45, 7) is 0. The molecule has 0 aliphatic rings. The fourth-order valence-corrected chi connectivity index (χ4v) is 2.23. The molecule has 108 valence electrons. The standard InChI is InChI=1S/C12H9N2O6P/c15-13-9-1-5-11(6-2-9)19-21(17,18)20-12-7-3-10(14-16)4-8-12/h1-8H,(H,17,18). The van der Waals surface area contributed by atoms with Crippen molar-refractivity contribution >= 4 is 19.2 Å². The van der Waals surface area contributed by atoms with Gasteiger partial charge in [0.05, 0.1) is 0 Å². The largest absolute Gasteiger partial charge is 0.584 e. The van der Waals surface area contributed by atoms with Gasteiger partial charge in [0.15, 0.2) is 0 Å². The molecule has 0 spiro atoms. The van der Waals surface area contributed by atoms with E-state index in [-0.39, 0.29) is 22.9 Å². The van der Waals surface area contributed by atoms with Crippen LogP contribution in [0.1, 0.15) is 0 Å². The Morgan fingerprint density at radius 1 is 0.762 bits per heavy atom. The normalized spacial score (nSPS) is 10.7. The first-order valence-corrected chi connectivity index (χ1v) is 7.11. The molecular weight excluding hydrogens is 299 g/mol. The molecule has 0 aromatic heterocycles. The third-order valence-corrected chi connectivity index (χ3v) is 3.21. The van der Waals surface area contributed by atoms with Crippen molar-refractivity contribution in [1.82, 2.24) is 0 Å². The highest BCUT2D eigenvalue weighted by atomic mass is 31.2. The molecule has 0 amide bonds. The predicted octanol–water partition coefficient (Wildman–Crippen LogP) is 4.04. The van der Waals surface area contributed by atoms with Crippen LogP contribution in [0.4, 0.5) is 11.4 Å². The number of phosphoric ester groups is 1. The molecule has 0 aliphatic carbocycles. The monoisotopic (exact) mass is 308 g/mol. The van der Waals surface area contributed by atoms with Gasteiger partial charge in [-0.1, -0.05) is 0 Å². The Bertz CT molecular complexity index is 628. The van der Waals surface area contributed by atoms with E-state index in [1.165, 1.54) is 48.5 Å². The average molecular weight is 308 g/mol. The number of phosphoric acid groups is 1. The zero-order valence-corrected chi connectivity index (χ0v) is 11.3. The van der Waals surface area contributed by atoms with Gasteiger partial charge in [-0.05, 0) is 58.9 Å². The van der Waals surface area contributed by atoms with E-state index in [4.69, 9.17) is 9.05 Å². The number of benzene rings is 2. The van der Waals surface area contributed by atoms with Crippen molar-refractivity contribution in [2.75, 3.05) is 0 Å². The summed E-state index contributed by atoms with van der Waals surface area (Å²) in [4.78, 5) is 30.1. The molecule has 0 heterocycles. The topological polar surface area (TPSA) is 115 Å². The molecule has 0 atom stereocenters. The molecule has 8 nitrogen and oxygen atoms in total. The summed E-state index contributed by atoms with van der Waals surface area (Å²) in [7, 11) is -4.40. The van der Waals surface area contributed by atoms with E-state index in [1.54, 1.807) is 0 Å². The molecule has 0 radical (unpaired) electrons. The molecule has 2 aromatic rings. The maximum atomic E-state index is 11.8. The number of rotatable bonds is 6. The van der Waals surface area contributed by atoms with E-state index < -0.39 is 7.82 Å². The molecule has 0 unspecified atom stereocenters. The minimum Gasteiger partial charge on any atom is -0.395 e. The minimum atomic E-state index is -4.40. The molecule has 1 N–H and O–H groups in total. The zero-order valence-electron chi connectivity index (χ0n) is 10.4. The summed E-state index contributed by atoms with van der Waals surface area (Å²) in [6, 6.07) is 10.5. The van der Waals surface area contributed by atoms with Crippen LogP contribution in [-0.2, 0) is 4.57 Å². The van der Waals surface area contributed by atoms with Gasteiger partial charge in [-0.2, -0.15) is 0 Å². The summed E-state index contributed by atoms with van der Waals surface area (Å²) >= 11 is 0. The lowest BCUT2D eigenvalue weighted by molar-refractivity contribution is 0.291. The van der Waals surface area contributed by atoms with Crippen LogP contribution in [0.5, 0.6) is 11.5 Å². The van der Waals surface area contributed by atoms with Crippen molar-refractivity contribution in [2.24, 2.45) is 10.4 Å². The van der Waals surface area contributed by atoms with E-state index in [9.17, 15) is 19.3 Å². The predicted molar refractivity (Wildman–Crippen MR) is 74.9 cm³/mol. The highest BCUT2D eigenvalue weighted by molar-refractivity contribution is 7.48. The van der Waals surface area contributed by atoms with Crippen molar-refractivity contribution in [3.8, 4) is 11.5 Å². The van der Waals surface area contributed by atoms with Gasteiger partial charge < -0.3 is 9.05 Å². The Kier molecular flexibility index (Phi) is 4.42. The average Bonchev–Trinajstić information content (AvgIpc) is 2.48. The van der Waals surface area contributed by atoms with Crippen LogP contribution in [0.3, 0.4) is 0 Å². The molecule has 0 saturated heterocycles. The van der Waals surface area contributed by atoms with Crippen molar-refractivity contribution in [1.29, 1.82) is 0 Å². The minimum absolute atomic E-state index is 0.0411. The van der Waals surface area contributed by atoms with Crippen molar-refractivity contribution in [2.45, 2.75) is 0 Å². The van der Waals surface area contributed by atoms with Crippen molar-refractivity contribution < 1.29 is 18.5 Å². The number of nitrogens with zero attached hydrogens (tertiary/aromatic N) is 2. The smallest absolute Gasteiger partial charge is 0.395 e. The Morgan fingerprint density at radius 3 is 1.38 bits per heavy atom. The van der Waals surface area contributed by atoms with Crippen LogP contribution in [0.15, 0.2) is 58.9 Å². The molecule has 0 aliphatic heterocycles. The van der Waals surface area contributed by atoms with Crippen molar-refractivity contribution in [3.63, 3.8) is 0 Å². The van der Waals surface area contributed by atoms with Crippen LogP contribution in [0.25, 0.3) is 0 Å². The fourth-order valence-electron chi connectivity index (χ4n) is 1.42. The Morgan fingerprint density at radius 2 is 1.10 bits per heavy atom. The molecule has 0 fully saturated rings. The van der Waals surface area contributed by atoms with Crippen molar-refractivity contribution in [3.05, 3.63) is 58.3 Å². The zero-order chi connectivity index (χ0) is 15.3. The van der Waals surface area contributed by atoms with Gasteiger partial charge in [0.2, 0.25) is 0 Å². The van der Waals surface area contributed by atoms with Gasteiger partial charge >= 0.3 is 7.82 Å². The van der Waals surface area contributed by atoms with Gasteiger partial charge in [-0.15, -0.1) is 9.81 Å². The fraction of sp³-hybridized carbons (Fsp3) is 0. The van der Waals surface area contributed by atoms with Gasteiger partial charge in [0, 0.05) is 0 Å². The van der Waals surface area contributed by atoms with Gasteiger partial charge in [-0.3, -0.25) is 4.89 Å². The lowest BCUT2D eigenvalue weighted by Gasteiger charge is -2.13. The molecule has 2 rings (SSSR count). The summed E-state index contributed by atoms with van der Waals surface area (Å²) < 4.78 is 21.4. The SMILES string of the molecule is O=Nc1ccc(OP(=O)(O)Oc2ccc(N=O)cc2)cc1. The molecule has 9 heteroatoms. The molecule has 0 bridgehead atoms. The van der Waals surface area contributed by atoms with Gasteiger partial charge in [0.1, 0.15) is 22.9 Å². The number of nitroso groups, excluding NO2 is 2. The molecular formula is C12H9N2O6P. The summed E-state index contributed by atoms with van der Waals surface area (Å²) in [5.74, 6) is 0.0822. The first kappa shape index (κ1) is 14.8. The number of hydrogen-bond acceptors (Lipinski definition) is 7. The summed E-state index contributed by atoms with van der Waals surface area (Å²) in [5.41, 5.74) is 0.320. The third kappa shape index (κ3) is 4.20. The first-order valence-electron chi connectivity index (χ1n) is 5.61. The molecule has 21 heavy (non-hydrogen) atoms. The second-order valence-electron chi connectivity index (χ2n) is 3.82. The van der Waals surface area contributed by atoms with Crippen LogP contribution in [-0.4, -0.2) is 4.89 Å². The second kappa shape index (κ2) is 6.25. The lowest BCUT2D eigenvalue weighted by atomic mass is 10.3. The van der Waals surface area contributed by atoms with Gasteiger partial charge in [0.25, 0.3) is 0 Å². The number of hydrogen-bond donors (Lipinski definition) is 1. The quantitative estimate of drug-likeness (QED) is 0.636. The van der Waals surface area contributed by atoms with E-state index in [0.717, 1.165) is 0 Å². The van der Waals surface area contributed by atoms with Crippen LogP contribution >= 0.6 is 7.82 Å². The second-order valence-corrected chi connectivity index (χ2v) is 5.12. The third-order valence-electron chi connectivity index (χ3n) is 2.33. The highest BCUT2D eigenvalue weighted by Crippen LogP contribution is 2.44. The Hall–Kier alpha value is -2.57. The maximum Gasteiger partial charge on any atom is 0.584 e. The molecule has 2 aromatic carbocycles. The van der Waals surface area contributed by atoms with E-state index in [1.807, 2.05) is 0 Å². The first-order chi connectivity index (χ1) is 10.0. The summed E-state index contributed by atoms with van der Waals surface area (Å²) in [5, 5.41) is 5.38. The van der Waals surface area contributed by atoms with Crippen LogP contribution in [0, 0.1) is 9.81 Å².